The molecule has 0 saturated carbocycles. The first-order chi connectivity index (χ1) is 15.3. The summed E-state index contributed by atoms with van der Waals surface area (Å²) in [7, 11) is 2.00. The summed E-state index contributed by atoms with van der Waals surface area (Å²) in [5, 5.41) is 19.1. The molecule has 32 heavy (non-hydrogen) atoms. The Morgan fingerprint density at radius 3 is 2.38 bits per heavy atom. The van der Waals surface area contributed by atoms with Gasteiger partial charge in [-0.3, -0.25) is 0 Å². The molecule has 1 aliphatic rings. The molecule has 1 aromatic carbocycles. The Labute approximate surface area is 181 Å². The van der Waals surface area contributed by atoms with Gasteiger partial charge in [0, 0.05) is 37.8 Å². The average Bonchev–Trinajstić information content (AvgIpc) is 2.76. The van der Waals surface area contributed by atoms with E-state index in [1.54, 1.807) is 0 Å². The molecule has 0 aliphatic carbocycles. The number of hydrogen-bond acceptors (Lipinski definition) is 7. The van der Waals surface area contributed by atoms with Gasteiger partial charge in [0.25, 0.3) is 0 Å². The van der Waals surface area contributed by atoms with Gasteiger partial charge in [0.15, 0.2) is 17.3 Å². The zero-order chi connectivity index (χ0) is 22.8. The maximum atomic E-state index is 14.9. The monoisotopic (exact) mass is 444 g/mol. The number of aromatic nitrogens is 3. The number of pyridine rings is 1. The highest BCUT2D eigenvalue weighted by molar-refractivity contribution is 5.98. The predicted molar refractivity (Wildman–Crippen MR) is 112 cm³/mol. The first-order valence-electron chi connectivity index (χ1n) is 9.74. The maximum absolute atomic E-state index is 14.9. The highest BCUT2D eigenvalue weighted by Gasteiger charge is 2.24. The minimum absolute atomic E-state index is 0.225. The SMILES string of the molecule is CN1CCN(c2cnc(Nc3c(-c4c(F)cccc4F)cnnc3C(=O)O)c(F)c2)CC1. The molecule has 1 saturated heterocycles. The van der Waals surface area contributed by atoms with E-state index in [2.05, 4.69) is 25.4 Å². The molecular weight excluding hydrogens is 425 g/mol. The van der Waals surface area contributed by atoms with Crippen LogP contribution >= 0.6 is 0 Å². The van der Waals surface area contributed by atoms with Crippen molar-refractivity contribution in [1.82, 2.24) is 20.1 Å². The minimum Gasteiger partial charge on any atom is -0.476 e. The maximum Gasteiger partial charge on any atom is 0.358 e. The van der Waals surface area contributed by atoms with E-state index in [1.165, 1.54) is 18.3 Å². The van der Waals surface area contributed by atoms with Gasteiger partial charge in [0.2, 0.25) is 0 Å². The van der Waals surface area contributed by atoms with Gasteiger partial charge in [0.1, 0.15) is 11.6 Å². The zero-order valence-electron chi connectivity index (χ0n) is 17.0. The molecule has 1 aliphatic heterocycles. The fourth-order valence-corrected chi connectivity index (χ4v) is 3.48. The van der Waals surface area contributed by atoms with Crippen molar-refractivity contribution in [3.8, 4) is 11.1 Å². The standard InChI is InChI=1S/C21H19F3N6O2/c1-29-5-7-30(8-6-29)12-9-16(24)20(25-10-12)27-18-13(11-26-28-19(18)21(31)32)17-14(22)3-2-4-15(17)23/h2-4,9-11H,5-8H2,1H3,(H,31,32)(H,25,26,27). The number of carbonyl (C=O) groups is 1. The molecule has 3 heterocycles. The topological polar surface area (TPSA) is 94.5 Å². The van der Waals surface area contributed by atoms with E-state index in [4.69, 9.17) is 0 Å². The van der Waals surface area contributed by atoms with Crippen molar-refractivity contribution in [2.75, 3.05) is 43.4 Å². The van der Waals surface area contributed by atoms with E-state index in [1.807, 2.05) is 11.9 Å². The van der Waals surface area contributed by atoms with Gasteiger partial charge in [-0.2, -0.15) is 5.10 Å². The number of nitrogens with zero attached hydrogens (tertiary/aromatic N) is 5. The number of carboxylic acid groups (broad SMARTS) is 1. The highest BCUT2D eigenvalue weighted by Crippen LogP contribution is 2.35. The smallest absolute Gasteiger partial charge is 0.358 e. The lowest BCUT2D eigenvalue weighted by Crippen LogP contribution is -2.44. The first kappa shape index (κ1) is 21.5. The molecule has 0 unspecified atom stereocenters. The number of likely N-dealkylation sites (N-methyl/N-ethyl adjacent to an activating group) is 1. The lowest BCUT2D eigenvalue weighted by molar-refractivity contribution is 0.0690. The molecule has 0 amide bonds. The molecule has 166 valence electrons. The largest absolute Gasteiger partial charge is 0.476 e. The molecule has 2 N–H and O–H groups in total. The number of anilines is 3. The zero-order valence-corrected chi connectivity index (χ0v) is 17.0. The van der Waals surface area contributed by atoms with E-state index in [0.29, 0.717) is 18.8 Å². The molecular formula is C21H19F3N6O2. The number of rotatable bonds is 5. The number of nitrogens with one attached hydrogen (secondary N) is 1. The average molecular weight is 444 g/mol. The van der Waals surface area contributed by atoms with Crippen LogP contribution in [-0.4, -0.2) is 64.4 Å². The lowest BCUT2D eigenvalue weighted by atomic mass is 10.0. The molecule has 0 atom stereocenters. The van der Waals surface area contributed by atoms with Crippen molar-refractivity contribution in [2.24, 2.45) is 0 Å². The van der Waals surface area contributed by atoms with Crippen LogP contribution in [0, 0.1) is 17.5 Å². The minimum atomic E-state index is -1.51. The predicted octanol–water partition coefficient (Wildman–Crippen LogP) is 3.15. The van der Waals surface area contributed by atoms with Crippen LogP contribution in [0.15, 0.2) is 36.7 Å². The summed E-state index contributed by atoms with van der Waals surface area (Å²) in [6, 6.07) is 4.49. The normalized spacial score (nSPS) is 14.4. The third-order valence-electron chi connectivity index (χ3n) is 5.22. The van der Waals surface area contributed by atoms with Gasteiger partial charge in [0.05, 0.1) is 29.3 Å². The van der Waals surface area contributed by atoms with E-state index < -0.39 is 34.7 Å². The van der Waals surface area contributed by atoms with Crippen LogP contribution in [0.2, 0.25) is 0 Å². The van der Waals surface area contributed by atoms with Crippen LogP contribution in [0.25, 0.3) is 11.1 Å². The molecule has 1 fully saturated rings. The van der Waals surface area contributed by atoms with Crippen molar-refractivity contribution < 1.29 is 23.1 Å². The van der Waals surface area contributed by atoms with Crippen LogP contribution in [0.3, 0.4) is 0 Å². The van der Waals surface area contributed by atoms with Crippen molar-refractivity contribution in [3.63, 3.8) is 0 Å². The fraction of sp³-hybridized carbons (Fsp3) is 0.238. The summed E-state index contributed by atoms with van der Waals surface area (Å²) in [5.74, 6) is -4.44. The second kappa shape index (κ2) is 8.79. The van der Waals surface area contributed by atoms with Crippen LogP contribution in [0.1, 0.15) is 10.5 Å². The quantitative estimate of drug-likeness (QED) is 0.620. The number of aromatic carboxylic acids is 1. The second-order valence-corrected chi connectivity index (χ2v) is 7.32. The van der Waals surface area contributed by atoms with Crippen LogP contribution in [-0.2, 0) is 0 Å². The number of halogens is 3. The van der Waals surface area contributed by atoms with Gasteiger partial charge in [-0.25, -0.2) is 22.9 Å². The van der Waals surface area contributed by atoms with E-state index >= 15 is 0 Å². The van der Waals surface area contributed by atoms with Crippen LogP contribution < -0.4 is 10.2 Å². The number of carboxylic acids is 1. The summed E-state index contributed by atoms with van der Waals surface area (Å²) < 4.78 is 43.7. The number of benzene rings is 1. The Kier molecular flexibility index (Phi) is 5.91. The van der Waals surface area contributed by atoms with Crippen molar-refractivity contribution >= 4 is 23.2 Å². The first-order valence-corrected chi connectivity index (χ1v) is 9.74. The molecule has 2 aromatic heterocycles. The van der Waals surface area contributed by atoms with E-state index in [-0.39, 0.29) is 17.1 Å². The molecule has 0 radical (unpaired) electrons. The summed E-state index contributed by atoms with van der Waals surface area (Å²) in [4.78, 5) is 19.9. The molecule has 11 heteroatoms. The lowest BCUT2D eigenvalue weighted by Gasteiger charge is -2.33. The van der Waals surface area contributed by atoms with Gasteiger partial charge < -0.3 is 20.2 Å². The third-order valence-corrected chi connectivity index (χ3v) is 5.22. The van der Waals surface area contributed by atoms with Crippen molar-refractivity contribution in [2.45, 2.75) is 0 Å². The molecule has 4 rings (SSSR count). The van der Waals surface area contributed by atoms with E-state index in [9.17, 15) is 23.1 Å². The third kappa shape index (κ3) is 4.19. The van der Waals surface area contributed by atoms with Gasteiger partial charge in [-0.05, 0) is 19.2 Å². The van der Waals surface area contributed by atoms with Gasteiger partial charge in [-0.1, -0.05) is 6.07 Å². The molecule has 8 nitrogen and oxygen atoms in total. The molecule has 0 spiro atoms. The van der Waals surface area contributed by atoms with Crippen molar-refractivity contribution in [3.05, 3.63) is 59.8 Å². The molecule has 0 bridgehead atoms. The summed E-state index contributed by atoms with van der Waals surface area (Å²) in [6.07, 6.45) is 2.46. The number of piperazine rings is 1. The van der Waals surface area contributed by atoms with Gasteiger partial charge >= 0.3 is 5.97 Å². The summed E-state index contributed by atoms with van der Waals surface area (Å²) in [5.41, 5.74) is -1.11. The fourth-order valence-electron chi connectivity index (χ4n) is 3.48. The molecule has 3 aromatic rings. The number of hydrogen-bond donors (Lipinski definition) is 2. The Hall–Kier alpha value is -3.73. The summed E-state index contributed by atoms with van der Waals surface area (Å²) >= 11 is 0. The van der Waals surface area contributed by atoms with E-state index in [0.717, 1.165) is 31.4 Å². The highest BCUT2D eigenvalue weighted by atomic mass is 19.1. The van der Waals surface area contributed by atoms with Crippen LogP contribution in [0.5, 0.6) is 0 Å². The Morgan fingerprint density at radius 2 is 1.75 bits per heavy atom. The van der Waals surface area contributed by atoms with Gasteiger partial charge in [-0.15, -0.1) is 5.10 Å². The summed E-state index contributed by atoms with van der Waals surface area (Å²) in [6.45, 7) is 3.06. The Morgan fingerprint density at radius 1 is 1.06 bits per heavy atom. The Bertz CT molecular complexity index is 1150. The van der Waals surface area contributed by atoms with Crippen LogP contribution in [0.4, 0.5) is 30.4 Å². The van der Waals surface area contributed by atoms with Crippen molar-refractivity contribution in [1.29, 1.82) is 0 Å². The Balaban J connectivity index is 1.73. The second-order valence-electron chi connectivity index (χ2n) is 7.32.